The zero-order valence-corrected chi connectivity index (χ0v) is 14.4. The monoisotopic (exact) mass is 346 g/mol. The third-order valence-corrected chi connectivity index (χ3v) is 3.95. The molecule has 0 saturated carbocycles. The van der Waals surface area contributed by atoms with Crippen molar-refractivity contribution in [3.8, 4) is 0 Å². The van der Waals surface area contributed by atoms with E-state index in [1.807, 2.05) is 0 Å². The van der Waals surface area contributed by atoms with Crippen LogP contribution in [0.2, 0.25) is 0 Å². The maximum atomic E-state index is 13.7. The van der Waals surface area contributed by atoms with Crippen molar-refractivity contribution in [2.75, 3.05) is 7.11 Å². The van der Waals surface area contributed by atoms with Gasteiger partial charge in [-0.2, -0.15) is 13.2 Å². The van der Waals surface area contributed by atoms with Crippen molar-refractivity contribution in [2.24, 2.45) is 0 Å². The number of alkyl halides is 3. The molecule has 0 radical (unpaired) electrons. The number of carbonyl (C=O) groups is 1. The molecule has 0 spiro atoms. The number of methoxy groups -OCH3 is 1. The topological polar surface area (TPSA) is 35.5 Å². The third kappa shape index (κ3) is 4.72. The number of ether oxygens (including phenoxy) is 2. The molecule has 3 nitrogen and oxygen atoms in total. The molecule has 24 heavy (non-hydrogen) atoms. The minimum Gasteiger partial charge on any atom is -0.460 e. The van der Waals surface area contributed by atoms with Gasteiger partial charge in [0.25, 0.3) is 5.60 Å². The molecule has 2 atom stereocenters. The molecule has 0 bridgehead atoms. The quantitative estimate of drug-likeness (QED) is 0.467. The van der Waals surface area contributed by atoms with Gasteiger partial charge in [-0.3, -0.25) is 0 Å². The lowest BCUT2D eigenvalue weighted by atomic mass is 9.92. The number of unbranched alkanes of at least 4 members (excludes halogenated alkanes) is 3. The molecule has 0 aromatic heterocycles. The Balaban J connectivity index is 2.94. The van der Waals surface area contributed by atoms with Gasteiger partial charge in [0, 0.05) is 12.7 Å². The predicted octanol–water partition coefficient (Wildman–Crippen LogP) is 4.99. The molecule has 0 aliphatic carbocycles. The molecular weight excluding hydrogens is 321 g/mol. The largest absolute Gasteiger partial charge is 0.460 e. The standard InChI is InChI=1S/C18H25F3O3/c1-4-5-6-8-11-14(2)24-16(22)17(23-3,18(19,20)21)15-12-9-7-10-13-15/h7,9-10,12-14H,4-6,8,11H2,1-3H3/t14?,17-/m0/s1. The van der Waals surface area contributed by atoms with E-state index in [1.54, 1.807) is 13.0 Å². The number of carbonyl (C=O) groups excluding carboxylic acids is 1. The first-order chi connectivity index (χ1) is 11.3. The van der Waals surface area contributed by atoms with E-state index in [9.17, 15) is 18.0 Å². The summed E-state index contributed by atoms with van der Waals surface area (Å²) >= 11 is 0. The second-order valence-corrected chi connectivity index (χ2v) is 5.81. The second-order valence-electron chi connectivity index (χ2n) is 5.81. The minimum atomic E-state index is -4.93. The van der Waals surface area contributed by atoms with Crippen LogP contribution in [0.1, 0.15) is 51.5 Å². The van der Waals surface area contributed by atoms with Gasteiger partial charge in [0.05, 0.1) is 6.10 Å². The molecule has 1 unspecified atom stereocenters. The smallest absolute Gasteiger partial charge is 0.432 e. The van der Waals surface area contributed by atoms with Crippen LogP contribution in [0.15, 0.2) is 30.3 Å². The summed E-state index contributed by atoms with van der Waals surface area (Å²) < 4.78 is 50.8. The normalized spacial score (nSPS) is 15.6. The Kier molecular flexibility index (Phi) is 7.73. The van der Waals surface area contributed by atoms with Crippen LogP contribution in [0.25, 0.3) is 0 Å². The van der Waals surface area contributed by atoms with E-state index in [-0.39, 0.29) is 5.56 Å². The van der Waals surface area contributed by atoms with Crippen molar-refractivity contribution >= 4 is 5.97 Å². The fraction of sp³-hybridized carbons (Fsp3) is 0.611. The summed E-state index contributed by atoms with van der Waals surface area (Å²) in [5.41, 5.74) is -3.39. The summed E-state index contributed by atoms with van der Waals surface area (Å²) in [6.07, 6.45) is -1.13. The highest BCUT2D eigenvalue weighted by molar-refractivity contribution is 5.82. The van der Waals surface area contributed by atoms with Crippen LogP contribution in [0.4, 0.5) is 13.2 Å². The molecule has 0 aliphatic rings. The van der Waals surface area contributed by atoms with Gasteiger partial charge in [-0.25, -0.2) is 4.79 Å². The SMILES string of the molecule is CCCCCCC(C)OC(=O)[C@@](OC)(c1ccccc1)C(F)(F)F. The first-order valence-corrected chi connectivity index (χ1v) is 8.18. The maximum absolute atomic E-state index is 13.7. The van der Waals surface area contributed by atoms with Crippen molar-refractivity contribution in [1.29, 1.82) is 0 Å². The van der Waals surface area contributed by atoms with Gasteiger partial charge < -0.3 is 9.47 Å². The predicted molar refractivity (Wildman–Crippen MR) is 85.5 cm³/mol. The fourth-order valence-corrected chi connectivity index (χ4v) is 2.57. The first kappa shape index (κ1) is 20.5. The van der Waals surface area contributed by atoms with Crippen molar-refractivity contribution in [3.05, 3.63) is 35.9 Å². The van der Waals surface area contributed by atoms with Crippen LogP contribution in [-0.4, -0.2) is 25.4 Å². The Morgan fingerprint density at radius 3 is 2.25 bits per heavy atom. The van der Waals surface area contributed by atoms with E-state index >= 15 is 0 Å². The summed E-state index contributed by atoms with van der Waals surface area (Å²) in [4.78, 5) is 12.4. The summed E-state index contributed by atoms with van der Waals surface area (Å²) in [5.74, 6) is -1.42. The molecule has 0 heterocycles. The lowest BCUT2D eigenvalue weighted by Gasteiger charge is -2.33. The van der Waals surface area contributed by atoms with Crippen molar-refractivity contribution in [1.82, 2.24) is 0 Å². The Morgan fingerprint density at radius 2 is 1.75 bits per heavy atom. The van der Waals surface area contributed by atoms with Gasteiger partial charge in [-0.1, -0.05) is 56.5 Å². The molecule has 0 N–H and O–H groups in total. The van der Waals surface area contributed by atoms with E-state index in [2.05, 4.69) is 6.92 Å². The van der Waals surface area contributed by atoms with Crippen molar-refractivity contribution in [3.63, 3.8) is 0 Å². The Labute approximate surface area is 141 Å². The average molecular weight is 346 g/mol. The van der Waals surface area contributed by atoms with E-state index in [0.717, 1.165) is 32.8 Å². The second kappa shape index (κ2) is 9.06. The van der Waals surface area contributed by atoms with E-state index in [0.29, 0.717) is 6.42 Å². The zero-order chi connectivity index (χ0) is 18.2. The number of benzene rings is 1. The highest BCUT2D eigenvalue weighted by Gasteiger charge is 2.64. The van der Waals surface area contributed by atoms with E-state index < -0.39 is 23.9 Å². The molecular formula is C18H25F3O3. The van der Waals surface area contributed by atoms with Crippen LogP contribution in [0.5, 0.6) is 0 Å². The third-order valence-electron chi connectivity index (χ3n) is 3.95. The van der Waals surface area contributed by atoms with Crippen LogP contribution in [0.3, 0.4) is 0 Å². The lowest BCUT2D eigenvalue weighted by molar-refractivity contribution is -0.278. The lowest BCUT2D eigenvalue weighted by Crippen LogP contribution is -2.52. The summed E-state index contributed by atoms with van der Waals surface area (Å²) in [6.45, 7) is 3.67. The van der Waals surface area contributed by atoms with Crippen LogP contribution in [0, 0.1) is 0 Å². The van der Waals surface area contributed by atoms with Crippen LogP contribution in [-0.2, 0) is 19.9 Å². The Hall–Kier alpha value is -1.56. The molecule has 0 amide bonds. The number of rotatable bonds is 9. The number of hydrogen-bond donors (Lipinski definition) is 0. The summed E-state index contributed by atoms with van der Waals surface area (Å²) in [5, 5.41) is 0. The minimum absolute atomic E-state index is 0.289. The zero-order valence-electron chi connectivity index (χ0n) is 14.4. The van der Waals surface area contributed by atoms with Gasteiger partial charge in [-0.15, -0.1) is 0 Å². The number of halogens is 3. The van der Waals surface area contributed by atoms with E-state index in [4.69, 9.17) is 9.47 Å². The summed E-state index contributed by atoms with van der Waals surface area (Å²) in [6, 6.07) is 6.85. The first-order valence-electron chi connectivity index (χ1n) is 8.18. The molecule has 0 aliphatic heterocycles. The molecule has 1 rings (SSSR count). The highest BCUT2D eigenvalue weighted by Crippen LogP contribution is 2.43. The van der Waals surface area contributed by atoms with Crippen molar-refractivity contribution in [2.45, 2.75) is 63.8 Å². The van der Waals surface area contributed by atoms with Crippen LogP contribution >= 0.6 is 0 Å². The number of esters is 1. The molecule has 1 aromatic carbocycles. The molecule has 6 heteroatoms. The van der Waals surface area contributed by atoms with Gasteiger partial charge in [0.2, 0.25) is 0 Å². The molecule has 0 fully saturated rings. The van der Waals surface area contributed by atoms with Gasteiger partial charge in [0.1, 0.15) is 0 Å². The fourth-order valence-electron chi connectivity index (χ4n) is 2.57. The highest BCUT2D eigenvalue weighted by atomic mass is 19.4. The van der Waals surface area contributed by atoms with Gasteiger partial charge in [-0.05, 0) is 19.8 Å². The molecule has 136 valence electrons. The Morgan fingerprint density at radius 1 is 1.12 bits per heavy atom. The van der Waals surface area contributed by atoms with Crippen molar-refractivity contribution < 1.29 is 27.4 Å². The number of hydrogen-bond acceptors (Lipinski definition) is 3. The van der Waals surface area contributed by atoms with Gasteiger partial charge in [0.15, 0.2) is 0 Å². The van der Waals surface area contributed by atoms with E-state index in [1.165, 1.54) is 24.3 Å². The maximum Gasteiger partial charge on any atom is 0.432 e. The summed E-state index contributed by atoms with van der Waals surface area (Å²) in [7, 11) is 0.869. The van der Waals surface area contributed by atoms with Gasteiger partial charge >= 0.3 is 12.1 Å². The van der Waals surface area contributed by atoms with Crippen LogP contribution < -0.4 is 0 Å². The molecule has 0 saturated heterocycles. The Bertz CT molecular complexity index is 502. The molecule has 1 aromatic rings. The average Bonchev–Trinajstić information content (AvgIpc) is 2.52.